The van der Waals surface area contributed by atoms with Gasteiger partial charge in [0.25, 0.3) is 0 Å². The lowest BCUT2D eigenvalue weighted by Crippen LogP contribution is -2.14. The molecule has 5 heteroatoms. The second-order valence-electron chi connectivity index (χ2n) is 5.74. The fourth-order valence-corrected chi connectivity index (χ4v) is 3.03. The Labute approximate surface area is 136 Å². The molecule has 0 saturated heterocycles. The molecule has 1 aromatic carbocycles. The van der Waals surface area contributed by atoms with Gasteiger partial charge in [-0.1, -0.05) is 25.1 Å². The van der Waals surface area contributed by atoms with E-state index in [-0.39, 0.29) is 0 Å². The first-order valence-electron chi connectivity index (χ1n) is 8.34. The standard InChI is InChI=1S/C18H24N4O/c1-3-8-17-21-16-13-19-15-10-5-4-9-14(15)18(16)22(17)12-7-6-11-20-23-2/h4-5,9-10,13,20H,3,6-8,11-12H2,1-2H3. The van der Waals surface area contributed by atoms with E-state index in [2.05, 4.69) is 40.2 Å². The first kappa shape index (κ1) is 15.9. The average molecular weight is 312 g/mol. The Kier molecular flexibility index (Phi) is 5.20. The molecule has 0 radical (unpaired) electrons. The quantitative estimate of drug-likeness (QED) is 0.511. The third kappa shape index (κ3) is 3.35. The van der Waals surface area contributed by atoms with E-state index in [4.69, 9.17) is 9.82 Å². The van der Waals surface area contributed by atoms with Gasteiger partial charge in [-0.2, -0.15) is 0 Å². The Bertz CT molecular complexity index is 781. The molecule has 5 nitrogen and oxygen atoms in total. The Balaban J connectivity index is 1.97. The van der Waals surface area contributed by atoms with Gasteiger partial charge in [0.05, 0.1) is 24.3 Å². The number of fused-ring (bicyclic) bond motifs is 3. The number of rotatable bonds is 8. The molecule has 0 aliphatic carbocycles. The van der Waals surface area contributed by atoms with Crippen molar-refractivity contribution in [2.24, 2.45) is 0 Å². The number of pyridine rings is 1. The lowest BCUT2D eigenvalue weighted by Gasteiger charge is -2.10. The summed E-state index contributed by atoms with van der Waals surface area (Å²) in [5.74, 6) is 1.17. The number of imidazole rings is 1. The number of hydrogen-bond acceptors (Lipinski definition) is 4. The van der Waals surface area contributed by atoms with Crippen molar-refractivity contribution in [2.75, 3.05) is 13.7 Å². The molecule has 1 N–H and O–H groups in total. The van der Waals surface area contributed by atoms with E-state index in [1.165, 1.54) is 16.7 Å². The number of nitrogens with zero attached hydrogens (tertiary/aromatic N) is 3. The molecule has 0 saturated carbocycles. The van der Waals surface area contributed by atoms with Crippen LogP contribution < -0.4 is 5.48 Å². The number of hydroxylamine groups is 1. The number of para-hydroxylation sites is 1. The SMILES string of the molecule is CCCc1nc2cnc3ccccc3c2n1CCCCNOC. The molecule has 3 rings (SSSR count). The summed E-state index contributed by atoms with van der Waals surface area (Å²) >= 11 is 0. The van der Waals surface area contributed by atoms with Crippen molar-refractivity contribution in [1.29, 1.82) is 0 Å². The van der Waals surface area contributed by atoms with Crippen LogP contribution in [-0.4, -0.2) is 28.2 Å². The lowest BCUT2D eigenvalue weighted by atomic mass is 10.2. The molecule has 0 fully saturated rings. The van der Waals surface area contributed by atoms with Crippen molar-refractivity contribution in [3.05, 3.63) is 36.3 Å². The van der Waals surface area contributed by atoms with Crippen molar-refractivity contribution in [1.82, 2.24) is 20.0 Å². The first-order chi connectivity index (χ1) is 11.3. The maximum absolute atomic E-state index is 4.89. The molecule has 0 bridgehead atoms. The van der Waals surface area contributed by atoms with Crippen molar-refractivity contribution in [3.8, 4) is 0 Å². The van der Waals surface area contributed by atoms with Crippen LogP contribution in [0.3, 0.4) is 0 Å². The predicted molar refractivity (Wildman–Crippen MR) is 93.3 cm³/mol. The van der Waals surface area contributed by atoms with Crippen molar-refractivity contribution < 1.29 is 4.84 Å². The molecule has 2 aromatic heterocycles. The monoisotopic (exact) mass is 312 g/mol. The second kappa shape index (κ2) is 7.53. The number of aromatic nitrogens is 3. The van der Waals surface area contributed by atoms with E-state index in [9.17, 15) is 0 Å². The summed E-state index contributed by atoms with van der Waals surface area (Å²) in [5.41, 5.74) is 6.16. The Morgan fingerprint density at radius 3 is 2.87 bits per heavy atom. The number of aryl methyl sites for hydroxylation is 2. The summed E-state index contributed by atoms with van der Waals surface area (Å²) in [6.45, 7) is 4.04. The smallest absolute Gasteiger partial charge is 0.109 e. The van der Waals surface area contributed by atoms with Gasteiger partial charge < -0.3 is 9.40 Å². The van der Waals surface area contributed by atoms with Gasteiger partial charge in [0.1, 0.15) is 11.3 Å². The van der Waals surface area contributed by atoms with Crippen LogP contribution in [0.2, 0.25) is 0 Å². The Morgan fingerprint density at radius 1 is 1.17 bits per heavy atom. The van der Waals surface area contributed by atoms with E-state index >= 15 is 0 Å². The van der Waals surface area contributed by atoms with Crippen LogP contribution in [0, 0.1) is 0 Å². The highest BCUT2D eigenvalue weighted by Crippen LogP contribution is 2.25. The highest BCUT2D eigenvalue weighted by atomic mass is 16.6. The maximum Gasteiger partial charge on any atom is 0.109 e. The fraction of sp³-hybridized carbons (Fsp3) is 0.444. The second-order valence-corrected chi connectivity index (χ2v) is 5.74. The van der Waals surface area contributed by atoms with Gasteiger partial charge in [-0.05, 0) is 25.3 Å². The molecule has 0 aliphatic heterocycles. The van der Waals surface area contributed by atoms with Crippen LogP contribution >= 0.6 is 0 Å². The molecule has 122 valence electrons. The van der Waals surface area contributed by atoms with Gasteiger partial charge >= 0.3 is 0 Å². The molecule has 0 unspecified atom stereocenters. The van der Waals surface area contributed by atoms with E-state index in [1.807, 2.05) is 12.3 Å². The van der Waals surface area contributed by atoms with Gasteiger partial charge in [-0.25, -0.2) is 10.5 Å². The summed E-state index contributed by atoms with van der Waals surface area (Å²) in [4.78, 5) is 14.3. The minimum atomic E-state index is 0.870. The van der Waals surface area contributed by atoms with E-state index in [0.717, 1.165) is 49.8 Å². The van der Waals surface area contributed by atoms with Crippen LogP contribution in [0.4, 0.5) is 0 Å². The number of unbranched alkanes of at least 4 members (excludes halogenated alkanes) is 1. The normalized spacial score (nSPS) is 11.6. The number of benzene rings is 1. The molecule has 0 atom stereocenters. The Morgan fingerprint density at radius 2 is 2.04 bits per heavy atom. The van der Waals surface area contributed by atoms with Crippen molar-refractivity contribution in [3.63, 3.8) is 0 Å². The first-order valence-corrected chi connectivity index (χ1v) is 8.34. The zero-order valence-electron chi connectivity index (χ0n) is 13.9. The highest BCUT2D eigenvalue weighted by molar-refractivity contribution is 6.02. The third-order valence-corrected chi connectivity index (χ3v) is 4.09. The molecule has 0 amide bonds. The average Bonchev–Trinajstić information content (AvgIpc) is 2.93. The molecule has 0 spiro atoms. The van der Waals surface area contributed by atoms with Crippen LogP contribution in [0.1, 0.15) is 32.0 Å². The molecular weight excluding hydrogens is 288 g/mol. The number of nitrogens with one attached hydrogen (secondary N) is 1. The van der Waals surface area contributed by atoms with Gasteiger partial charge in [0.2, 0.25) is 0 Å². The number of hydrogen-bond donors (Lipinski definition) is 1. The summed E-state index contributed by atoms with van der Waals surface area (Å²) in [5, 5.41) is 1.19. The highest BCUT2D eigenvalue weighted by Gasteiger charge is 2.13. The lowest BCUT2D eigenvalue weighted by molar-refractivity contribution is 0.0903. The topological polar surface area (TPSA) is 52.0 Å². The third-order valence-electron chi connectivity index (χ3n) is 4.09. The zero-order chi connectivity index (χ0) is 16.1. The van der Waals surface area contributed by atoms with Crippen molar-refractivity contribution in [2.45, 2.75) is 39.2 Å². The van der Waals surface area contributed by atoms with E-state index in [0.29, 0.717) is 0 Å². The van der Waals surface area contributed by atoms with Gasteiger partial charge in [0, 0.05) is 24.9 Å². The van der Waals surface area contributed by atoms with Gasteiger partial charge in [0.15, 0.2) is 0 Å². The largest absolute Gasteiger partial charge is 0.327 e. The predicted octanol–water partition coefficient (Wildman–Crippen LogP) is 3.47. The minimum absolute atomic E-state index is 0.870. The van der Waals surface area contributed by atoms with Gasteiger partial charge in [-0.15, -0.1) is 0 Å². The molecule has 0 aliphatic rings. The van der Waals surface area contributed by atoms with Gasteiger partial charge in [-0.3, -0.25) is 4.98 Å². The fourth-order valence-electron chi connectivity index (χ4n) is 3.03. The van der Waals surface area contributed by atoms with Crippen molar-refractivity contribution >= 4 is 21.9 Å². The van der Waals surface area contributed by atoms with Crippen LogP contribution in [0.5, 0.6) is 0 Å². The molecular formula is C18H24N4O. The summed E-state index contributed by atoms with van der Waals surface area (Å²) in [6.07, 6.45) is 6.16. The molecule has 23 heavy (non-hydrogen) atoms. The molecule has 2 heterocycles. The summed E-state index contributed by atoms with van der Waals surface area (Å²) in [6, 6.07) is 8.31. The van der Waals surface area contributed by atoms with E-state index in [1.54, 1.807) is 7.11 Å². The zero-order valence-corrected chi connectivity index (χ0v) is 13.9. The molecule has 3 aromatic rings. The van der Waals surface area contributed by atoms with Crippen LogP contribution in [0.15, 0.2) is 30.5 Å². The summed E-state index contributed by atoms with van der Waals surface area (Å²) in [7, 11) is 1.65. The van der Waals surface area contributed by atoms with E-state index < -0.39 is 0 Å². The maximum atomic E-state index is 4.89. The van der Waals surface area contributed by atoms with Crippen LogP contribution in [-0.2, 0) is 17.8 Å². The Hall–Kier alpha value is -1.98. The minimum Gasteiger partial charge on any atom is -0.327 e. The summed E-state index contributed by atoms with van der Waals surface area (Å²) < 4.78 is 2.38. The van der Waals surface area contributed by atoms with Crippen LogP contribution in [0.25, 0.3) is 21.9 Å².